The van der Waals surface area contributed by atoms with Crippen LogP contribution >= 0.6 is 71.9 Å². The van der Waals surface area contributed by atoms with Gasteiger partial charge < -0.3 is 5.11 Å². The second kappa shape index (κ2) is 27.3. The Balaban J connectivity index is -0.00000000667. The Labute approximate surface area is 89.3 Å². The number of aliphatic hydroxyl groups is 1. The molecule has 6 heavy (non-hydrogen) atoms. The standard InChI is InChI=1S/C2H6O.3HI/c1-2-3;;;/h3H,2H2,1H3;3*1H. The van der Waals surface area contributed by atoms with E-state index < -0.39 is 0 Å². The molecule has 0 aromatic heterocycles. The molecular formula is C2H9I3O. The van der Waals surface area contributed by atoms with E-state index in [4.69, 9.17) is 5.11 Å². The topological polar surface area (TPSA) is 20.2 Å². The number of hydrogen-bond donors (Lipinski definition) is 1. The Morgan fingerprint density at radius 1 is 1.17 bits per heavy atom. The van der Waals surface area contributed by atoms with Crippen molar-refractivity contribution in [1.29, 1.82) is 0 Å². The smallest absolute Gasteiger partial charge is 0.0402 e. The molecule has 0 unspecified atom stereocenters. The van der Waals surface area contributed by atoms with Gasteiger partial charge in [-0.1, -0.05) is 0 Å². The summed E-state index contributed by atoms with van der Waals surface area (Å²) < 4.78 is 0. The van der Waals surface area contributed by atoms with Crippen LogP contribution in [0.2, 0.25) is 0 Å². The van der Waals surface area contributed by atoms with Crippen molar-refractivity contribution in [3.05, 3.63) is 0 Å². The van der Waals surface area contributed by atoms with Gasteiger partial charge in [-0.05, 0) is 6.92 Å². The molecule has 0 saturated carbocycles. The largest absolute Gasteiger partial charge is 0.397 e. The van der Waals surface area contributed by atoms with Gasteiger partial charge >= 0.3 is 0 Å². The second-order valence-electron chi connectivity index (χ2n) is 0.316. The zero-order chi connectivity index (χ0) is 2.71. The zero-order valence-corrected chi connectivity index (χ0v) is 10.4. The molecule has 0 fully saturated rings. The monoisotopic (exact) mass is 430 g/mol. The predicted molar refractivity (Wildman–Crippen MR) is 59.0 cm³/mol. The van der Waals surface area contributed by atoms with Gasteiger partial charge in [0.1, 0.15) is 0 Å². The molecule has 1 N–H and O–H groups in total. The molecule has 0 aliphatic carbocycles. The van der Waals surface area contributed by atoms with Crippen LogP contribution in [0.3, 0.4) is 0 Å². The van der Waals surface area contributed by atoms with Crippen LogP contribution in [0.5, 0.6) is 0 Å². The molecule has 0 aromatic carbocycles. The van der Waals surface area contributed by atoms with Gasteiger partial charge in [-0.15, -0.1) is 71.9 Å². The first-order chi connectivity index (χ1) is 1.41. The predicted octanol–water partition coefficient (Wildman–Crippen LogP) is 1.85. The maximum Gasteiger partial charge on any atom is 0.0402 e. The van der Waals surface area contributed by atoms with E-state index in [1.54, 1.807) is 6.92 Å². The van der Waals surface area contributed by atoms with Crippen molar-refractivity contribution < 1.29 is 5.11 Å². The lowest BCUT2D eigenvalue weighted by Crippen LogP contribution is -1.57. The van der Waals surface area contributed by atoms with Crippen molar-refractivity contribution in [3.8, 4) is 0 Å². The third-order valence-corrected chi connectivity index (χ3v) is 0. The fraction of sp³-hybridized carbons (Fsp3) is 1.00. The van der Waals surface area contributed by atoms with E-state index in [9.17, 15) is 0 Å². The Morgan fingerprint density at radius 2 is 1.17 bits per heavy atom. The fourth-order valence-corrected chi connectivity index (χ4v) is 0. The lowest BCUT2D eigenvalue weighted by molar-refractivity contribution is 0.318. The van der Waals surface area contributed by atoms with Crippen LogP contribution in [0.1, 0.15) is 6.92 Å². The first kappa shape index (κ1) is 24.2. The molecule has 1 nitrogen and oxygen atoms in total. The molecule has 0 heterocycles. The highest BCUT2D eigenvalue weighted by molar-refractivity contribution is 14.0. The summed E-state index contributed by atoms with van der Waals surface area (Å²) in [5, 5.41) is 7.57. The summed E-state index contributed by atoms with van der Waals surface area (Å²) in [6.07, 6.45) is 0. The molecule has 0 rings (SSSR count). The summed E-state index contributed by atoms with van der Waals surface area (Å²) in [7, 11) is 0. The zero-order valence-electron chi connectivity index (χ0n) is 3.38. The minimum atomic E-state index is 0. The van der Waals surface area contributed by atoms with Gasteiger partial charge in [0, 0.05) is 6.61 Å². The van der Waals surface area contributed by atoms with E-state index in [0.717, 1.165) is 0 Å². The highest BCUT2D eigenvalue weighted by Crippen LogP contribution is 1.30. The number of aliphatic hydroxyl groups excluding tert-OH is 1. The Hall–Kier alpha value is 2.15. The van der Waals surface area contributed by atoms with E-state index in [-0.39, 0.29) is 78.5 Å². The van der Waals surface area contributed by atoms with Crippen molar-refractivity contribution in [2.45, 2.75) is 6.92 Å². The normalized spacial score (nSPS) is 3.00. The molecule has 0 aliphatic rings. The molecule has 0 aliphatic heterocycles. The maximum atomic E-state index is 7.57. The number of rotatable bonds is 0. The van der Waals surface area contributed by atoms with Crippen LogP contribution in [-0.4, -0.2) is 11.7 Å². The van der Waals surface area contributed by atoms with Crippen LogP contribution < -0.4 is 0 Å². The van der Waals surface area contributed by atoms with Gasteiger partial charge in [-0.3, -0.25) is 0 Å². The highest BCUT2D eigenvalue weighted by atomic mass is 127. The van der Waals surface area contributed by atoms with Crippen LogP contribution in [0, 0.1) is 0 Å². The minimum absolute atomic E-state index is 0. The molecule has 44 valence electrons. The van der Waals surface area contributed by atoms with E-state index in [1.807, 2.05) is 0 Å². The summed E-state index contributed by atoms with van der Waals surface area (Å²) in [5.41, 5.74) is 0. The molecule has 0 bridgehead atoms. The summed E-state index contributed by atoms with van der Waals surface area (Å²) in [6.45, 7) is 1.93. The van der Waals surface area contributed by atoms with E-state index >= 15 is 0 Å². The van der Waals surface area contributed by atoms with Crippen molar-refractivity contribution in [2.24, 2.45) is 0 Å². The van der Waals surface area contributed by atoms with Gasteiger partial charge in [-0.2, -0.15) is 0 Å². The summed E-state index contributed by atoms with van der Waals surface area (Å²) in [6, 6.07) is 0. The van der Waals surface area contributed by atoms with E-state index in [1.165, 1.54) is 0 Å². The van der Waals surface area contributed by atoms with Crippen molar-refractivity contribution >= 4 is 71.9 Å². The van der Waals surface area contributed by atoms with E-state index in [0.29, 0.717) is 0 Å². The highest BCUT2D eigenvalue weighted by Gasteiger charge is 1.34. The molecule has 0 spiro atoms. The van der Waals surface area contributed by atoms with Crippen LogP contribution in [0.4, 0.5) is 0 Å². The summed E-state index contributed by atoms with van der Waals surface area (Å²) in [4.78, 5) is 0. The van der Waals surface area contributed by atoms with Crippen LogP contribution in [-0.2, 0) is 0 Å². The molecule has 0 aromatic rings. The summed E-state index contributed by atoms with van der Waals surface area (Å²) >= 11 is 0. The quantitative estimate of drug-likeness (QED) is 0.583. The molecule has 0 saturated heterocycles. The Kier molecular flexibility index (Phi) is 110. The van der Waals surface area contributed by atoms with Crippen LogP contribution in [0.25, 0.3) is 0 Å². The maximum absolute atomic E-state index is 7.57. The molecule has 0 atom stereocenters. The molecular weight excluding hydrogens is 421 g/mol. The molecule has 0 amide bonds. The van der Waals surface area contributed by atoms with Crippen molar-refractivity contribution in [1.82, 2.24) is 0 Å². The first-order valence-electron chi connectivity index (χ1n) is 1.02. The third-order valence-electron chi connectivity index (χ3n) is 0. The lowest BCUT2D eigenvalue weighted by atomic mass is 10.9. The van der Waals surface area contributed by atoms with Gasteiger partial charge in [-0.25, -0.2) is 0 Å². The lowest BCUT2D eigenvalue weighted by Gasteiger charge is -1.52. The third kappa shape index (κ3) is 35.3. The number of halogens is 3. The van der Waals surface area contributed by atoms with Crippen LogP contribution in [0.15, 0.2) is 0 Å². The first-order valence-corrected chi connectivity index (χ1v) is 1.02. The Bertz CT molecular complexity index is 8.75. The van der Waals surface area contributed by atoms with Crippen molar-refractivity contribution in [2.75, 3.05) is 6.61 Å². The second-order valence-corrected chi connectivity index (χ2v) is 0.316. The van der Waals surface area contributed by atoms with Gasteiger partial charge in [0.25, 0.3) is 0 Å². The van der Waals surface area contributed by atoms with E-state index in [2.05, 4.69) is 0 Å². The average molecular weight is 430 g/mol. The summed E-state index contributed by atoms with van der Waals surface area (Å²) in [5.74, 6) is 0. The average Bonchev–Trinajstić information content (AvgIpc) is 0.918. The number of hydrogen-bond acceptors (Lipinski definition) is 1. The van der Waals surface area contributed by atoms with Gasteiger partial charge in [0.2, 0.25) is 0 Å². The molecule has 4 heteroatoms. The SMILES string of the molecule is CCO.I.I.I. The minimum Gasteiger partial charge on any atom is -0.397 e. The molecule has 0 radical (unpaired) electrons. The van der Waals surface area contributed by atoms with Gasteiger partial charge in [0.15, 0.2) is 0 Å². The van der Waals surface area contributed by atoms with Gasteiger partial charge in [0.05, 0.1) is 0 Å². The fourth-order valence-electron chi connectivity index (χ4n) is 0. The van der Waals surface area contributed by atoms with Crippen molar-refractivity contribution in [3.63, 3.8) is 0 Å². The Morgan fingerprint density at radius 3 is 1.17 bits per heavy atom.